The summed E-state index contributed by atoms with van der Waals surface area (Å²) < 4.78 is 0. The molecule has 2 rings (SSSR count). The van der Waals surface area contributed by atoms with E-state index in [1.54, 1.807) is 0 Å². The van der Waals surface area contributed by atoms with Crippen molar-refractivity contribution in [1.29, 1.82) is 0 Å². The van der Waals surface area contributed by atoms with Crippen molar-refractivity contribution in [2.45, 2.75) is 38.5 Å². The fourth-order valence-electron chi connectivity index (χ4n) is 2.18. The second-order valence-electron chi connectivity index (χ2n) is 4.17. The molecule has 1 nitrogen and oxygen atoms in total. The maximum atomic E-state index is 10.7. The summed E-state index contributed by atoms with van der Waals surface area (Å²) in [5.74, 6) is 0. The molecule has 1 aromatic rings. The number of aryl methyl sites for hydroxylation is 3. The molecule has 0 bridgehead atoms. The summed E-state index contributed by atoms with van der Waals surface area (Å²) in [5, 5.41) is -0.243. The molecular weight excluding hydrogens is 208 g/mol. The highest BCUT2D eigenvalue weighted by molar-refractivity contribution is 6.63. The molecule has 0 aliphatic heterocycles. The molecule has 0 heterocycles. The third-order valence-electron chi connectivity index (χ3n) is 3.02. The third-order valence-corrected chi connectivity index (χ3v) is 3.21. The molecule has 15 heavy (non-hydrogen) atoms. The van der Waals surface area contributed by atoms with Crippen LogP contribution in [-0.2, 0) is 24.1 Å². The van der Waals surface area contributed by atoms with Gasteiger partial charge in [-0.1, -0.05) is 18.2 Å². The lowest BCUT2D eigenvalue weighted by Crippen LogP contribution is -2.03. The first kappa shape index (κ1) is 10.7. The first-order chi connectivity index (χ1) is 7.25. The molecule has 80 valence electrons. The molecule has 0 fully saturated rings. The molecule has 0 unspecified atom stereocenters. The Kier molecular flexibility index (Phi) is 3.42. The molecule has 0 N–H and O–H groups in total. The fraction of sp³-hybridized carbons (Fsp3) is 0.462. The van der Waals surface area contributed by atoms with E-state index in [-0.39, 0.29) is 5.24 Å². The number of halogens is 1. The number of fused-ring (bicyclic) bond motifs is 1. The van der Waals surface area contributed by atoms with Gasteiger partial charge in [0.25, 0.3) is 0 Å². The number of rotatable bonds is 3. The molecule has 0 aromatic heterocycles. The predicted octanol–water partition coefficient (Wildman–Crippen LogP) is 3.26. The maximum Gasteiger partial charge on any atom is 0.221 e. The van der Waals surface area contributed by atoms with Crippen LogP contribution in [0.5, 0.6) is 0 Å². The number of benzene rings is 1. The van der Waals surface area contributed by atoms with Crippen LogP contribution in [0.2, 0.25) is 0 Å². The zero-order valence-electron chi connectivity index (χ0n) is 8.76. The maximum absolute atomic E-state index is 10.7. The SMILES string of the molecule is O=C(Cl)CCc1ccc2c(c1)CCCC2. The van der Waals surface area contributed by atoms with Crippen LogP contribution in [0.4, 0.5) is 0 Å². The molecule has 0 atom stereocenters. The minimum Gasteiger partial charge on any atom is -0.281 e. The van der Waals surface area contributed by atoms with Crippen molar-refractivity contribution in [2.75, 3.05) is 0 Å². The van der Waals surface area contributed by atoms with Crippen molar-refractivity contribution in [3.8, 4) is 0 Å². The second-order valence-corrected chi connectivity index (χ2v) is 4.59. The van der Waals surface area contributed by atoms with Gasteiger partial charge >= 0.3 is 0 Å². The van der Waals surface area contributed by atoms with E-state index in [0.717, 1.165) is 6.42 Å². The van der Waals surface area contributed by atoms with E-state index in [9.17, 15) is 4.79 Å². The van der Waals surface area contributed by atoms with Gasteiger partial charge in [0.15, 0.2) is 0 Å². The summed E-state index contributed by atoms with van der Waals surface area (Å²) in [5.41, 5.74) is 4.20. The standard InChI is InChI=1S/C13H15ClO/c14-13(15)8-6-10-5-7-11-3-1-2-4-12(11)9-10/h5,7,9H,1-4,6,8H2. The molecular formula is C13H15ClO. The third kappa shape index (κ3) is 2.82. The van der Waals surface area contributed by atoms with Crippen molar-refractivity contribution in [1.82, 2.24) is 0 Å². The van der Waals surface area contributed by atoms with Crippen molar-refractivity contribution < 1.29 is 4.79 Å². The number of hydrogen-bond donors (Lipinski definition) is 0. The molecule has 0 radical (unpaired) electrons. The van der Waals surface area contributed by atoms with Crippen molar-refractivity contribution in [3.63, 3.8) is 0 Å². The van der Waals surface area contributed by atoms with E-state index in [2.05, 4.69) is 18.2 Å². The van der Waals surface area contributed by atoms with E-state index >= 15 is 0 Å². The van der Waals surface area contributed by atoms with Crippen LogP contribution in [0.1, 0.15) is 36.0 Å². The molecule has 0 saturated heterocycles. The minimum absolute atomic E-state index is 0.243. The van der Waals surface area contributed by atoms with Crippen molar-refractivity contribution >= 4 is 16.8 Å². The Morgan fingerprint density at radius 2 is 1.93 bits per heavy atom. The largest absolute Gasteiger partial charge is 0.281 e. The van der Waals surface area contributed by atoms with Crippen LogP contribution in [0.15, 0.2) is 18.2 Å². The monoisotopic (exact) mass is 222 g/mol. The van der Waals surface area contributed by atoms with Crippen LogP contribution < -0.4 is 0 Å². The van der Waals surface area contributed by atoms with E-state index in [4.69, 9.17) is 11.6 Å². The van der Waals surface area contributed by atoms with E-state index in [0.29, 0.717) is 6.42 Å². The lowest BCUT2D eigenvalue weighted by molar-refractivity contribution is -0.111. The number of carbonyl (C=O) groups is 1. The summed E-state index contributed by atoms with van der Waals surface area (Å²) >= 11 is 5.33. The Morgan fingerprint density at radius 1 is 1.20 bits per heavy atom. The lowest BCUT2D eigenvalue weighted by atomic mass is 9.90. The minimum atomic E-state index is -0.243. The number of hydrogen-bond acceptors (Lipinski definition) is 1. The zero-order chi connectivity index (χ0) is 10.7. The Hall–Kier alpha value is -0.820. The van der Waals surface area contributed by atoms with Gasteiger partial charge in [-0.3, -0.25) is 4.79 Å². The van der Waals surface area contributed by atoms with Crippen molar-refractivity contribution in [3.05, 3.63) is 34.9 Å². The van der Waals surface area contributed by atoms with Crippen LogP contribution in [0, 0.1) is 0 Å². The van der Waals surface area contributed by atoms with Gasteiger partial charge in [-0.25, -0.2) is 0 Å². The fourth-order valence-corrected chi connectivity index (χ4v) is 2.28. The highest BCUT2D eigenvalue weighted by atomic mass is 35.5. The molecule has 1 aliphatic rings. The normalized spacial score (nSPS) is 14.7. The van der Waals surface area contributed by atoms with Gasteiger partial charge < -0.3 is 0 Å². The van der Waals surface area contributed by atoms with Crippen LogP contribution in [0.25, 0.3) is 0 Å². The highest BCUT2D eigenvalue weighted by Crippen LogP contribution is 2.22. The van der Waals surface area contributed by atoms with Crippen molar-refractivity contribution in [2.24, 2.45) is 0 Å². The Bertz CT molecular complexity index is 371. The van der Waals surface area contributed by atoms with Gasteiger partial charge in [0, 0.05) is 6.42 Å². The molecule has 1 aliphatic carbocycles. The molecule has 0 amide bonds. The van der Waals surface area contributed by atoms with E-state index in [1.807, 2.05) is 0 Å². The topological polar surface area (TPSA) is 17.1 Å². The van der Waals surface area contributed by atoms with Gasteiger partial charge in [0.1, 0.15) is 0 Å². The smallest absolute Gasteiger partial charge is 0.221 e. The van der Waals surface area contributed by atoms with Gasteiger partial charge in [0.05, 0.1) is 0 Å². The van der Waals surface area contributed by atoms with Crippen LogP contribution in [0.3, 0.4) is 0 Å². The van der Waals surface area contributed by atoms with Gasteiger partial charge in [-0.2, -0.15) is 0 Å². The van der Waals surface area contributed by atoms with Gasteiger partial charge in [-0.15, -0.1) is 0 Å². The summed E-state index contributed by atoms with van der Waals surface area (Å²) in [6.45, 7) is 0. The molecule has 1 aromatic carbocycles. The Morgan fingerprint density at radius 3 is 2.67 bits per heavy atom. The van der Waals surface area contributed by atoms with Crippen LogP contribution in [-0.4, -0.2) is 5.24 Å². The molecule has 2 heteroatoms. The first-order valence-corrected chi connectivity index (χ1v) is 5.92. The lowest BCUT2D eigenvalue weighted by Gasteiger charge is -2.16. The van der Waals surface area contributed by atoms with Gasteiger partial charge in [0.2, 0.25) is 5.24 Å². The highest BCUT2D eigenvalue weighted by Gasteiger charge is 2.09. The van der Waals surface area contributed by atoms with E-state index in [1.165, 1.54) is 42.4 Å². The van der Waals surface area contributed by atoms with Gasteiger partial charge in [-0.05, 0) is 60.4 Å². The zero-order valence-corrected chi connectivity index (χ0v) is 9.52. The Labute approximate surface area is 95.4 Å². The molecule has 0 spiro atoms. The number of carbonyl (C=O) groups excluding carboxylic acids is 1. The summed E-state index contributed by atoms with van der Waals surface area (Å²) in [6, 6.07) is 6.58. The summed E-state index contributed by atoms with van der Waals surface area (Å²) in [6.07, 6.45) is 6.23. The van der Waals surface area contributed by atoms with Crippen LogP contribution >= 0.6 is 11.6 Å². The quantitative estimate of drug-likeness (QED) is 0.718. The predicted molar refractivity (Wildman–Crippen MR) is 62.3 cm³/mol. The average molecular weight is 223 g/mol. The Balaban J connectivity index is 2.10. The van der Waals surface area contributed by atoms with E-state index < -0.39 is 0 Å². The summed E-state index contributed by atoms with van der Waals surface area (Å²) in [7, 11) is 0. The molecule has 0 saturated carbocycles. The summed E-state index contributed by atoms with van der Waals surface area (Å²) in [4.78, 5) is 10.7. The first-order valence-electron chi connectivity index (χ1n) is 5.55. The second kappa shape index (κ2) is 4.80. The average Bonchev–Trinajstić information content (AvgIpc) is 2.26.